The van der Waals surface area contributed by atoms with Crippen molar-refractivity contribution in [2.24, 2.45) is 0 Å². The largest absolute Gasteiger partial charge is 0.396 e. The molecule has 33 heavy (non-hydrogen) atoms. The zero-order valence-electron chi connectivity index (χ0n) is 18.5. The summed E-state index contributed by atoms with van der Waals surface area (Å²) in [5.41, 5.74) is 2.46. The monoisotopic (exact) mass is 448 g/mol. The maximum Gasteiger partial charge on any atom is 0.247 e. The third kappa shape index (κ3) is 7.26. The van der Waals surface area contributed by atoms with Gasteiger partial charge in [0.25, 0.3) is 0 Å². The first-order valence-corrected chi connectivity index (χ1v) is 11.1. The number of nitrogens with zero attached hydrogens (tertiary/aromatic N) is 1. The second-order valence-corrected chi connectivity index (χ2v) is 7.82. The third-order valence-corrected chi connectivity index (χ3v) is 5.37. The predicted molar refractivity (Wildman–Crippen MR) is 126 cm³/mol. The molecule has 0 aromatic heterocycles. The van der Waals surface area contributed by atoms with Gasteiger partial charge in [0.05, 0.1) is 0 Å². The normalized spacial score (nSPS) is 11.6. The van der Waals surface area contributed by atoms with E-state index < -0.39 is 6.04 Å². The average molecular weight is 449 g/mol. The SMILES string of the molecule is O=C(NCCCO)[C@@H](c1ccccc1)N(Cc1ccc(F)cc1)C(=O)CCc1ccccc1. The Labute approximate surface area is 193 Å². The van der Waals surface area contributed by atoms with Crippen molar-refractivity contribution in [3.8, 4) is 0 Å². The first kappa shape index (κ1) is 24.1. The molecule has 2 amide bonds. The highest BCUT2D eigenvalue weighted by Gasteiger charge is 2.31. The van der Waals surface area contributed by atoms with Gasteiger partial charge >= 0.3 is 0 Å². The van der Waals surface area contributed by atoms with Gasteiger partial charge in [-0.05, 0) is 41.7 Å². The minimum absolute atomic E-state index is 0.0361. The van der Waals surface area contributed by atoms with Crippen LogP contribution < -0.4 is 5.32 Å². The topological polar surface area (TPSA) is 69.6 Å². The third-order valence-electron chi connectivity index (χ3n) is 5.37. The molecule has 0 aliphatic rings. The number of amides is 2. The molecule has 0 aliphatic carbocycles. The molecule has 0 saturated heterocycles. The highest BCUT2D eigenvalue weighted by Crippen LogP contribution is 2.25. The molecular weight excluding hydrogens is 419 g/mol. The molecule has 0 spiro atoms. The summed E-state index contributed by atoms with van der Waals surface area (Å²) in [5, 5.41) is 11.9. The highest BCUT2D eigenvalue weighted by molar-refractivity contribution is 5.88. The number of hydrogen-bond donors (Lipinski definition) is 2. The first-order chi connectivity index (χ1) is 16.1. The number of carbonyl (C=O) groups excluding carboxylic acids is 2. The average Bonchev–Trinajstić information content (AvgIpc) is 2.85. The van der Waals surface area contributed by atoms with Gasteiger partial charge in [0.2, 0.25) is 11.8 Å². The number of aliphatic hydroxyl groups is 1. The fourth-order valence-corrected chi connectivity index (χ4v) is 3.65. The van der Waals surface area contributed by atoms with Crippen molar-refractivity contribution < 1.29 is 19.1 Å². The summed E-state index contributed by atoms with van der Waals surface area (Å²) in [6, 6.07) is 24.0. The second-order valence-electron chi connectivity index (χ2n) is 7.82. The van der Waals surface area contributed by atoms with Gasteiger partial charge in [0, 0.05) is 26.1 Å². The molecular formula is C27H29FN2O3. The van der Waals surface area contributed by atoms with Gasteiger partial charge in [-0.3, -0.25) is 9.59 Å². The Hall–Kier alpha value is -3.51. The van der Waals surface area contributed by atoms with Crippen molar-refractivity contribution in [2.45, 2.75) is 31.8 Å². The van der Waals surface area contributed by atoms with E-state index in [-0.39, 0.29) is 37.2 Å². The van der Waals surface area contributed by atoms with Gasteiger partial charge in [-0.25, -0.2) is 4.39 Å². The zero-order valence-corrected chi connectivity index (χ0v) is 18.5. The zero-order chi connectivity index (χ0) is 23.5. The molecule has 0 unspecified atom stereocenters. The molecule has 0 aliphatic heterocycles. The number of aryl methyl sites for hydroxylation is 1. The fraction of sp³-hybridized carbons (Fsp3) is 0.259. The van der Waals surface area contributed by atoms with Crippen LogP contribution >= 0.6 is 0 Å². The van der Waals surface area contributed by atoms with Crippen LogP contribution in [-0.4, -0.2) is 35.0 Å². The predicted octanol–water partition coefficient (Wildman–Crippen LogP) is 4.03. The lowest BCUT2D eigenvalue weighted by Gasteiger charge is -2.32. The Morgan fingerprint density at radius 3 is 2.15 bits per heavy atom. The van der Waals surface area contributed by atoms with Crippen LogP contribution in [0.1, 0.15) is 35.6 Å². The molecule has 0 fully saturated rings. The van der Waals surface area contributed by atoms with Crippen LogP contribution in [0.2, 0.25) is 0 Å². The molecule has 3 aromatic rings. The van der Waals surface area contributed by atoms with E-state index in [9.17, 15) is 14.0 Å². The smallest absolute Gasteiger partial charge is 0.247 e. The standard InChI is InChI=1S/C27H29FN2O3/c28-24-15-12-22(13-16-24)20-30(25(32)17-14-21-8-3-1-4-9-21)26(23-10-5-2-6-11-23)27(33)29-18-7-19-31/h1-6,8-13,15-16,26,31H,7,14,17-20H2,(H,29,33)/t26-/m1/s1. The molecule has 3 aromatic carbocycles. The van der Waals surface area contributed by atoms with Crippen molar-refractivity contribution in [3.05, 3.63) is 107 Å². The van der Waals surface area contributed by atoms with Crippen LogP contribution in [0.4, 0.5) is 4.39 Å². The van der Waals surface area contributed by atoms with Gasteiger partial charge in [-0.2, -0.15) is 0 Å². The minimum Gasteiger partial charge on any atom is -0.396 e. The number of carbonyl (C=O) groups is 2. The Morgan fingerprint density at radius 1 is 0.879 bits per heavy atom. The van der Waals surface area contributed by atoms with E-state index in [1.165, 1.54) is 12.1 Å². The van der Waals surface area contributed by atoms with Crippen molar-refractivity contribution in [3.63, 3.8) is 0 Å². The van der Waals surface area contributed by atoms with Crippen LogP contribution in [-0.2, 0) is 22.6 Å². The Morgan fingerprint density at radius 2 is 1.52 bits per heavy atom. The minimum atomic E-state index is -0.849. The number of nitrogens with one attached hydrogen (secondary N) is 1. The number of benzene rings is 3. The van der Waals surface area contributed by atoms with Crippen LogP contribution in [0.5, 0.6) is 0 Å². The van der Waals surface area contributed by atoms with Crippen molar-refractivity contribution in [1.29, 1.82) is 0 Å². The van der Waals surface area contributed by atoms with Crippen molar-refractivity contribution in [1.82, 2.24) is 10.2 Å². The summed E-state index contributed by atoms with van der Waals surface area (Å²) >= 11 is 0. The maximum absolute atomic E-state index is 13.5. The number of halogens is 1. The van der Waals surface area contributed by atoms with Crippen LogP contribution in [0, 0.1) is 5.82 Å². The Bertz CT molecular complexity index is 1010. The summed E-state index contributed by atoms with van der Waals surface area (Å²) in [7, 11) is 0. The summed E-state index contributed by atoms with van der Waals surface area (Å²) in [4.78, 5) is 28.3. The molecule has 172 valence electrons. The van der Waals surface area contributed by atoms with E-state index in [1.807, 2.05) is 60.7 Å². The van der Waals surface area contributed by atoms with Gasteiger partial charge in [0.15, 0.2) is 0 Å². The van der Waals surface area contributed by atoms with Crippen molar-refractivity contribution >= 4 is 11.8 Å². The first-order valence-electron chi connectivity index (χ1n) is 11.1. The lowest BCUT2D eigenvalue weighted by molar-refractivity contribution is -0.141. The Kier molecular flexibility index (Phi) is 9.15. The van der Waals surface area contributed by atoms with Gasteiger partial charge in [-0.15, -0.1) is 0 Å². The van der Waals surface area contributed by atoms with E-state index in [0.717, 1.165) is 11.1 Å². The van der Waals surface area contributed by atoms with Crippen LogP contribution in [0.15, 0.2) is 84.9 Å². The molecule has 1 atom stereocenters. The summed E-state index contributed by atoms with van der Waals surface area (Å²) in [5.74, 6) is -0.846. The molecule has 0 radical (unpaired) electrons. The number of aliphatic hydroxyl groups excluding tert-OH is 1. The van der Waals surface area contributed by atoms with E-state index in [1.54, 1.807) is 17.0 Å². The van der Waals surface area contributed by atoms with Gasteiger partial charge < -0.3 is 15.3 Å². The molecule has 0 saturated carbocycles. The number of rotatable bonds is 11. The molecule has 5 nitrogen and oxygen atoms in total. The Balaban J connectivity index is 1.90. The molecule has 2 N–H and O–H groups in total. The van der Waals surface area contributed by atoms with E-state index in [4.69, 9.17) is 5.11 Å². The molecule has 6 heteroatoms. The van der Waals surface area contributed by atoms with Gasteiger partial charge in [-0.1, -0.05) is 72.8 Å². The summed E-state index contributed by atoms with van der Waals surface area (Å²) in [6.45, 7) is 0.438. The highest BCUT2D eigenvalue weighted by atomic mass is 19.1. The van der Waals surface area contributed by atoms with E-state index in [2.05, 4.69) is 5.32 Å². The quantitative estimate of drug-likeness (QED) is 0.435. The summed E-state index contributed by atoms with van der Waals surface area (Å²) in [6.07, 6.45) is 1.21. The molecule has 0 bridgehead atoms. The summed E-state index contributed by atoms with van der Waals surface area (Å²) < 4.78 is 13.5. The lowest BCUT2D eigenvalue weighted by Crippen LogP contribution is -2.43. The van der Waals surface area contributed by atoms with Crippen molar-refractivity contribution in [2.75, 3.05) is 13.2 Å². The second kappa shape index (κ2) is 12.5. The van der Waals surface area contributed by atoms with Gasteiger partial charge in [0.1, 0.15) is 11.9 Å². The maximum atomic E-state index is 13.5. The fourth-order valence-electron chi connectivity index (χ4n) is 3.65. The van der Waals surface area contributed by atoms with Crippen LogP contribution in [0.25, 0.3) is 0 Å². The van der Waals surface area contributed by atoms with E-state index >= 15 is 0 Å². The lowest BCUT2D eigenvalue weighted by atomic mass is 10.0. The molecule has 3 rings (SSSR count). The van der Waals surface area contributed by atoms with E-state index in [0.29, 0.717) is 24.9 Å². The van der Waals surface area contributed by atoms with Crippen LogP contribution in [0.3, 0.4) is 0 Å². The molecule has 0 heterocycles. The number of hydrogen-bond acceptors (Lipinski definition) is 3.